The molecule has 58 valence electrons. The zero-order valence-corrected chi connectivity index (χ0v) is 5.67. The molecule has 0 spiro atoms. The van der Waals surface area contributed by atoms with Crippen molar-refractivity contribution in [3.05, 3.63) is 5.21 Å². The van der Waals surface area contributed by atoms with Crippen molar-refractivity contribution >= 4 is 16.2 Å². The quantitative estimate of drug-likeness (QED) is 0.235. The minimum absolute atomic E-state index is 0.0801. The van der Waals surface area contributed by atoms with E-state index in [0.717, 1.165) is 0 Å². The van der Waals surface area contributed by atoms with Crippen LogP contribution in [0.4, 0.5) is 0 Å². The summed E-state index contributed by atoms with van der Waals surface area (Å²) in [4.78, 5) is 10.3. The first-order valence-electron chi connectivity index (χ1n) is 2.48. The Morgan fingerprint density at radius 1 is 1.60 bits per heavy atom. The van der Waals surface area contributed by atoms with E-state index in [1.54, 1.807) is 0 Å². The van der Waals surface area contributed by atoms with Crippen molar-refractivity contribution in [3.8, 4) is 0 Å². The van der Waals surface area contributed by atoms with E-state index in [1.807, 2.05) is 0 Å². The van der Waals surface area contributed by atoms with E-state index in [2.05, 4.69) is 0 Å². The molecule has 6 nitrogen and oxygen atoms in total. The number of carbonyl (C=O) groups is 1. The van der Waals surface area contributed by atoms with Crippen LogP contribution in [0.5, 0.6) is 0 Å². The van der Waals surface area contributed by atoms with Crippen LogP contribution >= 0.6 is 0 Å². The van der Waals surface area contributed by atoms with Crippen LogP contribution in [0.1, 0.15) is 6.42 Å². The summed E-state index contributed by atoms with van der Waals surface area (Å²) in [6, 6.07) is 0. The number of β-lactam (4-membered cyclic amide) rings is 1. The highest BCUT2D eigenvalue weighted by Crippen LogP contribution is 2.23. The highest BCUT2D eigenvalue weighted by molar-refractivity contribution is 7.80. The first kappa shape index (κ1) is 7.61. The number of amides is 1. The van der Waals surface area contributed by atoms with Gasteiger partial charge in [-0.25, -0.2) is 9.35 Å². The summed E-state index contributed by atoms with van der Waals surface area (Å²) in [5.41, 5.74) is 0. The van der Waals surface area contributed by atoms with E-state index in [4.69, 9.17) is 4.55 Å². The molecule has 1 saturated heterocycles. The molecule has 0 radical (unpaired) electrons. The molecule has 0 saturated carbocycles. The normalized spacial score (nSPS) is 33.6. The molecule has 1 fully saturated rings. The molecule has 10 heavy (non-hydrogen) atoms. The Kier molecular flexibility index (Phi) is 1.34. The molecule has 1 aliphatic heterocycles. The first-order chi connectivity index (χ1) is 4.38. The fraction of sp³-hybridized carbons (Fsp3) is 0.667. The van der Waals surface area contributed by atoms with Crippen molar-refractivity contribution in [2.24, 2.45) is 0 Å². The van der Waals surface area contributed by atoms with Gasteiger partial charge in [-0.05, 0) is 0 Å². The summed E-state index contributed by atoms with van der Waals surface area (Å²) in [6.07, 6.45) is -0.0801. The predicted octanol–water partition coefficient (Wildman–Crippen LogP) is -0.966. The van der Waals surface area contributed by atoms with Crippen molar-refractivity contribution in [1.82, 2.24) is 0 Å². The molecule has 7 heteroatoms. The SMILES string of the molecule is O=C1CC[N+]1([O-])S(=O)(=O)O. The van der Waals surface area contributed by atoms with Crippen molar-refractivity contribution < 1.29 is 21.8 Å². The maximum absolute atomic E-state index is 10.7. The Balaban J connectivity index is 3.02. The maximum atomic E-state index is 10.7. The van der Waals surface area contributed by atoms with Gasteiger partial charge in [0.15, 0.2) is 0 Å². The van der Waals surface area contributed by atoms with Gasteiger partial charge in [0.1, 0.15) is 13.0 Å². The molecule has 1 atom stereocenters. The van der Waals surface area contributed by atoms with Crippen LogP contribution in [0.3, 0.4) is 0 Å². The number of hydrogen-bond acceptors (Lipinski definition) is 4. The Hall–Kier alpha value is -0.500. The fourth-order valence-corrected chi connectivity index (χ4v) is 1.30. The van der Waals surface area contributed by atoms with Crippen molar-refractivity contribution in [3.63, 3.8) is 0 Å². The number of rotatable bonds is 1. The molecule has 0 aromatic heterocycles. The van der Waals surface area contributed by atoms with Crippen LogP contribution < -0.4 is 0 Å². The zero-order chi connectivity index (χ0) is 7.99. The van der Waals surface area contributed by atoms with Gasteiger partial charge in [-0.2, -0.15) is 4.05 Å². The first-order valence-corrected chi connectivity index (χ1v) is 3.88. The van der Waals surface area contributed by atoms with E-state index in [9.17, 15) is 18.4 Å². The lowest BCUT2D eigenvalue weighted by Crippen LogP contribution is -2.60. The summed E-state index contributed by atoms with van der Waals surface area (Å²) < 4.78 is 26.4. The van der Waals surface area contributed by atoms with Crippen molar-refractivity contribution in [2.45, 2.75) is 6.42 Å². The van der Waals surface area contributed by atoms with E-state index in [0.29, 0.717) is 0 Å². The average Bonchev–Trinajstić information content (AvgIpc) is 1.80. The summed E-state index contributed by atoms with van der Waals surface area (Å²) in [6.45, 7) is -0.377. The summed E-state index contributed by atoms with van der Waals surface area (Å²) in [5.74, 6) is -1.01. The van der Waals surface area contributed by atoms with Crippen LogP contribution in [0.2, 0.25) is 0 Å². The summed E-state index contributed by atoms with van der Waals surface area (Å²) >= 11 is 0. The smallest absolute Gasteiger partial charge is 0.440 e. The fourth-order valence-electron chi connectivity index (χ4n) is 0.630. The monoisotopic (exact) mass is 167 g/mol. The van der Waals surface area contributed by atoms with Crippen molar-refractivity contribution in [1.29, 1.82) is 0 Å². The molecule has 1 N–H and O–H groups in total. The topological polar surface area (TPSA) is 94.5 Å². The molecule has 0 bridgehead atoms. The van der Waals surface area contributed by atoms with Gasteiger partial charge in [0.05, 0.1) is 0 Å². The van der Waals surface area contributed by atoms with Gasteiger partial charge in [0, 0.05) is 0 Å². The Labute approximate surface area is 57.1 Å². The van der Waals surface area contributed by atoms with Crippen LogP contribution in [0.25, 0.3) is 0 Å². The van der Waals surface area contributed by atoms with E-state index in [1.165, 1.54) is 0 Å². The lowest BCUT2D eigenvalue weighted by atomic mass is 10.3. The second-order valence-corrected chi connectivity index (χ2v) is 3.47. The van der Waals surface area contributed by atoms with Gasteiger partial charge >= 0.3 is 16.2 Å². The highest BCUT2D eigenvalue weighted by Gasteiger charge is 2.48. The standard InChI is InChI=1S/C3H5NO5S/c5-3-1-2-4(3,6)10(7,8)9/h1-2H2,(H,7,8,9). The van der Waals surface area contributed by atoms with Crippen LogP contribution in [-0.4, -0.2) is 29.5 Å². The van der Waals surface area contributed by atoms with Gasteiger partial charge in [0.2, 0.25) is 0 Å². The molecule has 0 aliphatic carbocycles. The van der Waals surface area contributed by atoms with Gasteiger partial charge in [-0.15, -0.1) is 8.42 Å². The van der Waals surface area contributed by atoms with Gasteiger partial charge in [-0.3, -0.25) is 0 Å². The van der Waals surface area contributed by atoms with Gasteiger partial charge in [0.25, 0.3) is 0 Å². The molecule has 0 aromatic carbocycles. The highest BCUT2D eigenvalue weighted by atomic mass is 32.2. The number of quaternary nitrogens is 1. The third-order valence-electron chi connectivity index (χ3n) is 1.37. The third-order valence-corrected chi connectivity index (χ3v) is 2.50. The molecule has 1 amide bonds. The summed E-state index contributed by atoms with van der Waals surface area (Å²) in [5, 5.41) is 10.7. The van der Waals surface area contributed by atoms with E-state index < -0.39 is 20.3 Å². The molecule has 1 unspecified atom stereocenters. The van der Waals surface area contributed by atoms with E-state index in [-0.39, 0.29) is 13.0 Å². The molecule has 1 rings (SSSR count). The molecule has 0 aromatic rings. The number of hydroxylamine groups is 2. The van der Waals surface area contributed by atoms with Crippen LogP contribution in [0, 0.1) is 5.21 Å². The number of carbonyl (C=O) groups excluding carboxylic acids is 1. The molecular formula is C3H5NO5S. The van der Waals surface area contributed by atoms with Crippen LogP contribution in [-0.2, 0) is 15.1 Å². The van der Waals surface area contributed by atoms with Crippen molar-refractivity contribution in [2.75, 3.05) is 6.54 Å². The van der Waals surface area contributed by atoms with Gasteiger partial charge < -0.3 is 5.21 Å². The number of nitrogens with zero attached hydrogens (tertiary/aromatic N) is 1. The predicted molar refractivity (Wildman–Crippen MR) is 29.7 cm³/mol. The van der Waals surface area contributed by atoms with Crippen LogP contribution in [0.15, 0.2) is 0 Å². The minimum atomic E-state index is -4.78. The average molecular weight is 167 g/mol. The maximum Gasteiger partial charge on any atom is 0.440 e. The number of hydrogen-bond donors (Lipinski definition) is 1. The minimum Gasteiger partial charge on any atom is -0.607 e. The second-order valence-electron chi connectivity index (χ2n) is 1.99. The molecular weight excluding hydrogens is 162 g/mol. The van der Waals surface area contributed by atoms with Gasteiger partial charge in [-0.1, -0.05) is 0 Å². The third kappa shape index (κ3) is 0.754. The summed E-state index contributed by atoms with van der Waals surface area (Å²) in [7, 11) is -4.78. The lowest BCUT2D eigenvalue weighted by molar-refractivity contribution is -0.708. The van der Waals surface area contributed by atoms with E-state index >= 15 is 0 Å². The molecule has 1 aliphatic rings. The Bertz CT molecular complexity index is 269. The Morgan fingerprint density at radius 3 is 2.10 bits per heavy atom. The largest absolute Gasteiger partial charge is 0.607 e. The molecule has 1 heterocycles. The second kappa shape index (κ2) is 1.76. The lowest BCUT2D eigenvalue weighted by Gasteiger charge is -2.40. The zero-order valence-electron chi connectivity index (χ0n) is 4.85. The Morgan fingerprint density at radius 2 is 2.10 bits per heavy atom.